The van der Waals surface area contributed by atoms with E-state index in [0.717, 1.165) is 25.8 Å². The lowest BCUT2D eigenvalue weighted by atomic mass is 9.72. The maximum atomic E-state index is 12.9. The maximum Gasteiger partial charge on any atom is 0.254 e. The van der Waals surface area contributed by atoms with E-state index in [0.29, 0.717) is 43.9 Å². The van der Waals surface area contributed by atoms with Crippen molar-refractivity contribution in [2.75, 3.05) is 39.9 Å². The Morgan fingerprint density at radius 1 is 1.30 bits per heavy atom. The van der Waals surface area contributed by atoms with Crippen molar-refractivity contribution in [2.24, 2.45) is 5.41 Å². The van der Waals surface area contributed by atoms with Gasteiger partial charge < -0.3 is 14.5 Å². The van der Waals surface area contributed by atoms with Crippen LogP contribution in [0, 0.1) is 5.41 Å². The molecule has 2 aliphatic heterocycles. The second kappa shape index (κ2) is 7.22. The van der Waals surface area contributed by atoms with E-state index in [9.17, 15) is 9.59 Å². The smallest absolute Gasteiger partial charge is 0.254 e. The van der Waals surface area contributed by atoms with E-state index < -0.39 is 0 Å². The number of methoxy groups -OCH3 is 1. The van der Waals surface area contributed by atoms with Gasteiger partial charge in [-0.1, -0.05) is 0 Å². The molecule has 1 spiro atoms. The summed E-state index contributed by atoms with van der Waals surface area (Å²) < 4.78 is 6.67. The molecular weight excluding hydrogens is 348 g/mol. The maximum absolute atomic E-state index is 12.9. The first-order valence-electron chi connectivity index (χ1n) is 9.34. The molecule has 0 saturated carbocycles. The van der Waals surface area contributed by atoms with Gasteiger partial charge in [-0.3, -0.25) is 9.59 Å². The van der Waals surface area contributed by atoms with Crippen molar-refractivity contribution in [3.63, 3.8) is 0 Å². The number of fused-ring (bicyclic) bond motifs is 1. The average Bonchev–Trinajstić information content (AvgIpc) is 3.17. The molecule has 144 valence electrons. The molecule has 2 fully saturated rings. The number of aromatic nitrogens is 4. The number of pyridine rings is 1. The molecule has 2 aromatic heterocycles. The van der Waals surface area contributed by atoms with Crippen molar-refractivity contribution in [1.82, 2.24) is 29.8 Å². The van der Waals surface area contributed by atoms with Crippen LogP contribution in [0.5, 0.6) is 0 Å². The first kappa shape index (κ1) is 17.8. The summed E-state index contributed by atoms with van der Waals surface area (Å²) in [5.41, 5.74) is 1.29. The van der Waals surface area contributed by atoms with Gasteiger partial charge in [-0.25, -0.2) is 4.52 Å². The van der Waals surface area contributed by atoms with E-state index in [2.05, 4.69) is 15.5 Å². The number of ether oxygens (including phenoxy) is 1. The number of rotatable bonds is 4. The molecule has 9 nitrogen and oxygen atoms in total. The summed E-state index contributed by atoms with van der Waals surface area (Å²) >= 11 is 0. The summed E-state index contributed by atoms with van der Waals surface area (Å²) in [6.45, 7) is 3.40. The monoisotopic (exact) mass is 372 g/mol. The Morgan fingerprint density at radius 2 is 2.11 bits per heavy atom. The van der Waals surface area contributed by atoms with Crippen LogP contribution in [-0.4, -0.2) is 81.6 Å². The topological polar surface area (TPSA) is 92.9 Å². The highest BCUT2D eigenvalue weighted by Crippen LogP contribution is 2.40. The fourth-order valence-electron chi connectivity index (χ4n) is 4.16. The molecule has 2 aliphatic rings. The van der Waals surface area contributed by atoms with Crippen molar-refractivity contribution in [3.8, 4) is 0 Å². The van der Waals surface area contributed by atoms with Crippen LogP contribution in [0.1, 0.15) is 36.0 Å². The lowest BCUT2D eigenvalue weighted by Crippen LogP contribution is -2.52. The molecule has 2 aromatic rings. The molecule has 0 aromatic carbocycles. The second-order valence-corrected chi connectivity index (χ2v) is 7.50. The summed E-state index contributed by atoms with van der Waals surface area (Å²) in [7, 11) is 1.65. The summed E-state index contributed by atoms with van der Waals surface area (Å²) in [5.74, 6) is 0.227. The van der Waals surface area contributed by atoms with Crippen LogP contribution in [0.4, 0.5) is 0 Å². The minimum Gasteiger partial charge on any atom is -0.383 e. The summed E-state index contributed by atoms with van der Waals surface area (Å²) in [4.78, 5) is 28.8. The van der Waals surface area contributed by atoms with E-state index in [1.165, 1.54) is 4.52 Å². The van der Waals surface area contributed by atoms with E-state index in [4.69, 9.17) is 4.74 Å². The van der Waals surface area contributed by atoms with Gasteiger partial charge in [-0.05, 0) is 47.2 Å². The van der Waals surface area contributed by atoms with Gasteiger partial charge in [0.15, 0.2) is 5.65 Å². The summed E-state index contributed by atoms with van der Waals surface area (Å²) in [6, 6.07) is 3.47. The van der Waals surface area contributed by atoms with E-state index in [1.54, 1.807) is 25.4 Å². The highest BCUT2D eigenvalue weighted by Gasteiger charge is 2.41. The SMILES string of the molecule is COCCN1CC2(CCC1=O)CCN(C(=O)c1ccn3nnnc3c1)CC2. The Balaban J connectivity index is 1.40. The molecular formula is C18H24N6O3. The third-order valence-electron chi connectivity index (χ3n) is 5.87. The van der Waals surface area contributed by atoms with Crippen molar-refractivity contribution < 1.29 is 14.3 Å². The predicted molar refractivity (Wildman–Crippen MR) is 96.0 cm³/mol. The second-order valence-electron chi connectivity index (χ2n) is 7.50. The molecule has 0 N–H and O–H groups in total. The quantitative estimate of drug-likeness (QED) is 0.781. The zero-order valence-electron chi connectivity index (χ0n) is 15.5. The predicted octanol–water partition coefficient (Wildman–Crippen LogP) is 0.615. The number of hydrogen-bond acceptors (Lipinski definition) is 6. The number of nitrogens with zero attached hydrogens (tertiary/aromatic N) is 6. The molecule has 0 aliphatic carbocycles. The van der Waals surface area contributed by atoms with Crippen LogP contribution in [0.15, 0.2) is 18.3 Å². The van der Waals surface area contributed by atoms with Gasteiger partial charge in [0.1, 0.15) is 0 Å². The molecule has 2 amide bonds. The van der Waals surface area contributed by atoms with Gasteiger partial charge in [0, 0.05) is 51.5 Å². The largest absolute Gasteiger partial charge is 0.383 e. The van der Waals surface area contributed by atoms with Crippen molar-refractivity contribution in [1.29, 1.82) is 0 Å². The Kier molecular flexibility index (Phi) is 4.77. The van der Waals surface area contributed by atoms with Gasteiger partial charge in [-0.15, -0.1) is 5.10 Å². The number of carbonyl (C=O) groups is 2. The highest BCUT2D eigenvalue weighted by atomic mass is 16.5. The fraction of sp³-hybridized carbons (Fsp3) is 0.611. The van der Waals surface area contributed by atoms with Gasteiger partial charge in [0.25, 0.3) is 5.91 Å². The number of tetrazole rings is 1. The lowest BCUT2D eigenvalue weighted by Gasteiger charge is -2.47. The Hall–Kier alpha value is -2.55. The molecule has 9 heteroatoms. The minimum absolute atomic E-state index is 0.0125. The first-order chi connectivity index (χ1) is 13.1. The molecule has 4 heterocycles. The van der Waals surface area contributed by atoms with Crippen LogP contribution in [0.25, 0.3) is 5.65 Å². The average molecular weight is 372 g/mol. The van der Waals surface area contributed by atoms with Crippen molar-refractivity contribution in [3.05, 3.63) is 23.9 Å². The van der Waals surface area contributed by atoms with Crippen LogP contribution in [0.3, 0.4) is 0 Å². The van der Waals surface area contributed by atoms with Crippen molar-refractivity contribution in [2.45, 2.75) is 25.7 Å². The third-order valence-corrected chi connectivity index (χ3v) is 5.87. The minimum atomic E-state index is 0.0125. The summed E-state index contributed by atoms with van der Waals surface area (Å²) in [5, 5.41) is 11.3. The fourth-order valence-corrected chi connectivity index (χ4v) is 4.16. The zero-order valence-corrected chi connectivity index (χ0v) is 15.5. The van der Waals surface area contributed by atoms with E-state index in [1.807, 2.05) is 9.80 Å². The van der Waals surface area contributed by atoms with Crippen LogP contribution >= 0.6 is 0 Å². The Labute approximate surface area is 157 Å². The summed E-state index contributed by atoms with van der Waals surface area (Å²) in [6.07, 6.45) is 5.05. The number of piperidine rings is 2. The standard InChI is InChI=1S/C18H24N6O3/c1-27-11-10-23-13-18(4-2-16(23)25)5-8-22(9-6-18)17(26)14-3-7-24-15(12-14)19-20-21-24/h3,7,12H,2,4-6,8-11,13H2,1H3. The number of carbonyl (C=O) groups excluding carboxylic acids is 2. The molecule has 4 rings (SSSR count). The van der Waals surface area contributed by atoms with Crippen LogP contribution < -0.4 is 0 Å². The molecule has 2 saturated heterocycles. The van der Waals surface area contributed by atoms with Gasteiger partial charge in [0.2, 0.25) is 5.91 Å². The normalized spacial score (nSPS) is 19.8. The molecule has 27 heavy (non-hydrogen) atoms. The lowest BCUT2D eigenvalue weighted by molar-refractivity contribution is -0.139. The number of hydrogen-bond donors (Lipinski definition) is 0. The van der Waals surface area contributed by atoms with Gasteiger partial charge in [0.05, 0.1) is 6.61 Å². The van der Waals surface area contributed by atoms with Crippen molar-refractivity contribution >= 4 is 17.5 Å². The number of amides is 2. The highest BCUT2D eigenvalue weighted by molar-refractivity contribution is 5.95. The Morgan fingerprint density at radius 3 is 2.89 bits per heavy atom. The Bertz CT molecular complexity index is 842. The van der Waals surface area contributed by atoms with E-state index >= 15 is 0 Å². The third kappa shape index (κ3) is 3.51. The van der Waals surface area contributed by atoms with E-state index in [-0.39, 0.29) is 17.2 Å². The van der Waals surface area contributed by atoms with Gasteiger partial charge >= 0.3 is 0 Å². The molecule has 0 radical (unpaired) electrons. The molecule has 0 unspecified atom stereocenters. The zero-order chi connectivity index (χ0) is 18.9. The molecule has 0 bridgehead atoms. The number of likely N-dealkylation sites (tertiary alicyclic amines) is 2. The first-order valence-corrected chi connectivity index (χ1v) is 9.34. The van der Waals surface area contributed by atoms with Gasteiger partial charge in [-0.2, -0.15) is 0 Å². The van der Waals surface area contributed by atoms with Crippen LogP contribution in [0.2, 0.25) is 0 Å². The molecule has 0 atom stereocenters. The van der Waals surface area contributed by atoms with Crippen LogP contribution in [-0.2, 0) is 9.53 Å².